The highest BCUT2D eigenvalue weighted by Gasteiger charge is 2.02. The summed E-state index contributed by atoms with van der Waals surface area (Å²) < 4.78 is 0. The van der Waals surface area contributed by atoms with Crippen molar-refractivity contribution in [2.75, 3.05) is 46.9 Å². The molecular weight excluding hydrogens is 152 g/mol. The van der Waals surface area contributed by atoms with Crippen LogP contribution in [0.4, 0.5) is 0 Å². The zero-order chi connectivity index (χ0) is 9.40. The molecule has 1 N–H and O–H groups in total. The van der Waals surface area contributed by atoms with Gasteiger partial charge in [0.15, 0.2) is 0 Å². The van der Waals surface area contributed by atoms with E-state index in [2.05, 4.69) is 30.8 Å². The van der Waals surface area contributed by atoms with E-state index >= 15 is 0 Å². The Morgan fingerprint density at radius 3 is 2.08 bits per heavy atom. The number of nitrogens with zero attached hydrogens (tertiary/aromatic N) is 2. The normalized spacial score (nSPS) is 11.5. The molecule has 3 nitrogen and oxygen atoms in total. The third-order valence-electron chi connectivity index (χ3n) is 1.82. The molecule has 0 aromatic rings. The van der Waals surface area contributed by atoms with E-state index in [1.165, 1.54) is 0 Å². The zero-order valence-corrected chi connectivity index (χ0v) is 8.58. The fourth-order valence-electron chi connectivity index (χ4n) is 1.13. The fraction of sp³-hybridized carbons (Fsp3) is 1.00. The van der Waals surface area contributed by atoms with Gasteiger partial charge in [0, 0.05) is 19.6 Å². The average molecular weight is 174 g/mol. The van der Waals surface area contributed by atoms with E-state index in [0.29, 0.717) is 0 Å². The first-order valence-corrected chi connectivity index (χ1v) is 4.68. The van der Waals surface area contributed by atoms with Crippen molar-refractivity contribution >= 4 is 0 Å². The Hall–Kier alpha value is -0.120. The largest absolute Gasteiger partial charge is 0.395 e. The van der Waals surface area contributed by atoms with Crippen LogP contribution in [0.2, 0.25) is 0 Å². The summed E-state index contributed by atoms with van der Waals surface area (Å²) in [4.78, 5) is 4.46. The smallest absolute Gasteiger partial charge is 0.0558 e. The monoisotopic (exact) mass is 174 g/mol. The van der Waals surface area contributed by atoms with E-state index in [9.17, 15) is 0 Å². The van der Waals surface area contributed by atoms with E-state index in [-0.39, 0.29) is 6.61 Å². The number of rotatable bonds is 7. The molecule has 0 amide bonds. The molecule has 0 saturated carbocycles. The Morgan fingerprint density at radius 1 is 1.00 bits per heavy atom. The average Bonchev–Trinajstić information content (AvgIpc) is 2.01. The maximum atomic E-state index is 8.77. The number of likely N-dealkylation sites (N-methyl/N-ethyl adjacent to an activating group) is 1. The predicted octanol–water partition coefficient (Wildman–Crippen LogP) is 0.252. The van der Waals surface area contributed by atoms with Gasteiger partial charge in [0.1, 0.15) is 0 Å². The quantitative estimate of drug-likeness (QED) is 0.599. The second-order valence-corrected chi connectivity index (χ2v) is 3.37. The maximum absolute atomic E-state index is 8.77. The Balaban J connectivity index is 3.48. The summed E-state index contributed by atoms with van der Waals surface area (Å²) in [7, 11) is 4.14. The third kappa shape index (κ3) is 6.58. The van der Waals surface area contributed by atoms with Crippen molar-refractivity contribution in [3.8, 4) is 0 Å². The fourth-order valence-corrected chi connectivity index (χ4v) is 1.13. The second kappa shape index (κ2) is 7.53. The summed E-state index contributed by atoms with van der Waals surface area (Å²) in [6.45, 7) is 6.46. The van der Waals surface area contributed by atoms with Gasteiger partial charge in [0.05, 0.1) is 6.61 Å². The lowest BCUT2D eigenvalue weighted by Gasteiger charge is -2.22. The van der Waals surface area contributed by atoms with E-state index in [4.69, 9.17) is 5.11 Å². The van der Waals surface area contributed by atoms with Gasteiger partial charge in [-0.25, -0.2) is 0 Å². The minimum Gasteiger partial charge on any atom is -0.395 e. The van der Waals surface area contributed by atoms with Crippen molar-refractivity contribution in [1.82, 2.24) is 9.80 Å². The summed E-state index contributed by atoms with van der Waals surface area (Å²) in [5, 5.41) is 8.77. The second-order valence-electron chi connectivity index (χ2n) is 3.37. The molecule has 0 bridgehead atoms. The van der Waals surface area contributed by atoms with Gasteiger partial charge in [0.2, 0.25) is 0 Å². The third-order valence-corrected chi connectivity index (χ3v) is 1.82. The minimum atomic E-state index is 0.271. The van der Waals surface area contributed by atoms with Crippen LogP contribution in [0.1, 0.15) is 13.3 Å². The van der Waals surface area contributed by atoms with Gasteiger partial charge >= 0.3 is 0 Å². The molecular formula is C9H22N2O. The molecule has 0 aromatic heterocycles. The Kier molecular flexibility index (Phi) is 7.45. The maximum Gasteiger partial charge on any atom is 0.0558 e. The number of hydrogen-bond donors (Lipinski definition) is 1. The Labute approximate surface area is 76.0 Å². The van der Waals surface area contributed by atoms with Gasteiger partial charge in [-0.05, 0) is 27.1 Å². The van der Waals surface area contributed by atoms with Crippen LogP contribution in [0, 0.1) is 0 Å². The Bertz CT molecular complexity index is 90.5. The van der Waals surface area contributed by atoms with E-state index in [0.717, 1.165) is 32.6 Å². The van der Waals surface area contributed by atoms with Crippen molar-refractivity contribution < 1.29 is 5.11 Å². The molecule has 0 atom stereocenters. The molecule has 0 radical (unpaired) electrons. The molecule has 0 aliphatic carbocycles. The van der Waals surface area contributed by atoms with E-state index in [1.807, 2.05) is 0 Å². The minimum absolute atomic E-state index is 0.271. The summed E-state index contributed by atoms with van der Waals surface area (Å²) in [5.41, 5.74) is 0. The van der Waals surface area contributed by atoms with Crippen molar-refractivity contribution in [1.29, 1.82) is 0 Å². The standard InChI is InChI=1S/C9H22N2O/c1-4-5-11(8-9-12)7-6-10(2)3/h12H,4-9H2,1-3H3. The molecule has 0 heterocycles. The first kappa shape index (κ1) is 11.9. The molecule has 0 unspecified atom stereocenters. The summed E-state index contributed by atoms with van der Waals surface area (Å²) in [5.74, 6) is 0. The lowest BCUT2D eigenvalue weighted by atomic mass is 10.4. The number of hydrogen-bond acceptors (Lipinski definition) is 3. The molecule has 3 heteroatoms. The molecule has 0 spiro atoms. The van der Waals surface area contributed by atoms with E-state index < -0.39 is 0 Å². The SMILES string of the molecule is CCCN(CCO)CCN(C)C. The highest BCUT2D eigenvalue weighted by molar-refractivity contribution is 4.57. The van der Waals surface area contributed by atoms with Crippen molar-refractivity contribution in [3.05, 3.63) is 0 Å². The van der Waals surface area contributed by atoms with Crippen molar-refractivity contribution in [2.24, 2.45) is 0 Å². The molecule has 0 aromatic carbocycles. The first-order chi connectivity index (χ1) is 5.70. The highest BCUT2D eigenvalue weighted by atomic mass is 16.3. The Morgan fingerprint density at radius 2 is 1.67 bits per heavy atom. The molecule has 12 heavy (non-hydrogen) atoms. The van der Waals surface area contributed by atoms with Crippen LogP contribution in [0.5, 0.6) is 0 Å². The van der Waals surface area contributed by atoms with Crippen molar-refractivity contribution in [2.45, 2.75) is 13.3 Å². The number of aliphatic hydroxyl groups is 1. The summed E-state index contributed by atoms with van der Waals surface area (Å²) >= 11 is 0. The van der Waals surface area contributed by atoms with Gasteiger partial charge in [-0.3, -0.25) is 4.90 Å². The van der Waals surface area contributed by atoms with Crippen molar-refractivity contribution in [3.63, 3.8) is 0 Å². The summed E-state index contributed by atoms with van der Waals surface area (Å²) in [6, 6.07) is 0. The molecule has 0 aliphatic heterocycles. The predicted molar refractivity (Wildman–Crippen MR) is 52.4 cm³/mol. The van der Waals surface area contributed by atoms with Crippen LogP contribution in [0.25, 0.3) is 0 Å². The lowest BCUT2D eigenvalue weighted by Crippen LogP contribution is -2.34. The van der Waals surface area contributed by atoms with Gasteiger partial charge in [0.25, 0.3) is 0 Å². The molecule has 74 valence electrons. The first-order valence-electron chi connectivity index (χ1n) is 4.68. The van der Waals surface area contributed by atoms with Gasteiger partial charge in [-0.1, -0.05) is 6.92 Å². The van der Waals surface area contributed by atoms with E-state index in [1.54, 1.807) is 0 Å². The van der Waals surface area contributed by atoms with Gasteiger partial charge in [-0.2, -0.15) is 0 Å². The van der Waals surface area contributed by atoms with Crippen LogP contribution in [0.3, 0.4) is 0 Å². The molecule has 0 rings (SSSR count). The highest BCUT2D eigenvalue weighted by Crippen LogP contribution is 1.90. The van der Waals surface area contributed by atoms with Gasteiger partial charge < -0.3 is 10.0 Å². The zero-order valence-electron chi connectivity index (χ0n) is 8.58. The topological polar surface area (TPSA) is 26.7 Å². The number of aliphatic hydroxyl groups excluding tert-OH is 1. The van der Waals surface area contributed by atoms with Crippen LogP contribution in [-0.2, 0) is 0 Å². The summed E-state index contributed by atoms with van der Waals surface area (Å²) in [6.07, 6.45) is 1.16. The van der Waals surface area contributed by atoms with Crippen LogP contribution in [-0.4, -0.2) is 61.8 Å². The van der Waals surface area contributed by atoms with Crippen LogP contribution >= 0.6 is 0 Å². The van der Waals surface area contributed by atoms with Crippen LogP contribution in [0.15, 0.2) is 0 Å². The molecule has 0 fully saturated rings. The van der Waals surface area contributed by atoms with Gasteiger partial charge in [-0.15, -0.1) is 0 Å². The van der Waals surface area contributed by atoms with Crippen LogP contribution < -0.4 is 0 Å². The molecule has 0 saturated heterocycles. The lowest BCUT2D eigenvalue weighted by molar-refractivity contribution is 0.183. The molecule has 0 aliphatic rings.